The highest BCUT2D eigenvalue weighted by Gasteiger charge is 2.31. The van der Waals surface area contributed by atoms with Gasteiger partial charge in [-0.1, -0.05) is 30.3 Å². The van der Waals surface area contributed by atoms with Gasteiger partial charge in [-0.25, -0.2) is 0 Å². The Morgan fingerprint density at radius 3 is 2.32 bits per heavy atom. The van der Waals surface area contributed by atoms with Gasteiger partial charge in [-0.15, -0.1) is 0 Å². The van der Waals surface area contributed by atoms with Gasteiger partial charge in [-0.05, 0) is 55.5 Å². The van der Waals surface area contributed by atoms with Crippen LogP contribution < -0.4 is 10.2 Å². The summed E-state index contributed by atoms with van der Waals surface area (Å²) in [5, 5.41) is 12.0. The zero-order valence-electron chi connectivity index (χ0n) is 17.7. The molecule has 0 aliphatic heterocycles. The molecule has 0 spiro atoms. The predicted octanol–water partition coefficient (Wildman–Crippen LogP) is 3.49. The van der Waals surface area contributed by atoms with Gasteiger partial charge in [-0.3, -0.25) is 14.5 Å². The van der Waals surface area contributed by atoms with Gasteiger partial charge in [-0.2, -0.15) is 5.26 Å². The Bertz CT molecular complexity index is 944. The van der Waals surface area contributed by atoms with Crippen molar-refractivity contribution in [1.29, 1.82) is 5.26 Å². The number of carbonyl (C=O) groups excluding carboxylic acids is 2. The van der Waals surface area contributed by atoms with Crippen molar-refractivity contribution in [2.24, 2.45) is 0 Å². The molecule has 2 aromatic rings. The third kappa shape index (κ3) is 5.93. The second kappa shape index (κ2) is 9.76. The number of nitriles is 1. The standard InChI is InChI=1S/C25H28N4O2/c26-15-4-16-29(23-5-2-1-3-6-23)24(30)18-28(22-13-14-22)17-19-7-9-20(10-8-19)25(31)27-21-11-12-21/h1-3,5-10,21-22H,4,11-14,16-18H2,(H,27,31). The SMILES string of the molecule is N#CCCN(C(=O)CN(Cc1ccc(C(=O)NC2CC2)cc1)C1CC1)c1ccccc1. The fourth-order valence-electron chi connectivity index (χ4n) is 3.67. The second-order valence-corrected chi connectivity index (χ2v) is 8.37. The summed E-state index contributed by atoms with van der Waals surface area (Å²) in [6.45, 7) is 1.37. The van der Waals surface area contributed by atoms with Crippen LogP contribution in [0.2, 0.25) is 0 Å². The summed E-state index contributed by atoms with van der Waals surface area (Å²) < 4.78 is 0. The zero-order valence-corrected chi connectivity index (χ0v) is 17.7. The summed E-state index contributed by atoms with van der Waals surface area (Å²) >= 11 is 0. The lowest BCUT2D eigenvalue weighted by Crippen LogP contribution is -2.41. The lowest BCUT2D eigenvalue weighted by atomic mass is 10.1. The van der Waals surface area contributed by atoms with Crippen LogP contribution in [0.15, 0.2) is 54.6 Å². The van der Waals surface area contributed by atoms with E-state index in [9.17, 15) is 9.59 Å². The molecule has 1 N–H and O–H groups in total. The molecule has 2 fully saturated rings. The van der Waals surface area contributed by atoms with Crippen LogP contribution in [-0.4, -0.2) is 41.9 Å². The first kappa shape index (κ1) is 21.1. The van der Waals surface area contributed by atoms with E-state index >= 15 is 0 Å². The van der Waals surface area contributed by atoms with E-state index in [4.69, 9.17) is 5.26 Å². The first-order valence-corrected chi connectivity index (χ1v) is 11.0. The van der Waals surface area contributed by atoms with Gasteiger partial charge in [0.15, 0.2) is 0 Å². The molecule has 0 heterocycles. The number of rotatable bonds is 10. The zero-order chi connectivity index (χ0) is 21.6. The lowest BCUT2D eigenvalue weighted by molar-refractivity contribution is -0.120. The predicted molar refractivity (Wildman–Crippen MR) is 119 cm³/mol. The smallest absolute Gasteiger partial charge is 0.251 e. The summed E-state index contributed by atoms with van der Waals surface area (Å²) in [7, 11) is 0. The first-order valence-electron chi connectivity index (χ1n) is 11.0. The van der Waals surface area contributed by atoms with Crippen LogP contribution in [0.1, 0.15) is 48.0 Å². The Labute approximate surface area is 183 Å². The van der Waals surface area contributed by atoms with Crippen molar-refractivity contribution >= 4 is 17.5 Å². The highest BCUT2D eigenvalue weighted by atomic mass is 16.2. The van der Waals surface area contributed by atoms with Crippen molar-refractivity contribution in [2.75, 3.05) is 18.0 Å². The van der Waals surface area contributed by atoms with Crippen molar-refractivity contribution in [3.8, 4) is 6.07 Å². The third-order valence-corrected chi connectivity index (χ3v) is 5.73. The van der Waals surface area contributed by atoms with Crippen LogP contribution in [0, 0.1) is 11.3 Å². The minimum Gasteiger partial charge on any atom is -0.349 e. The minimum absolute atomic E-state index is 0.00813. The van der Waals surface area contributed by atoms with E-state index in [-0.39, 0.29) is 11.8 Å². The molecule has 6 nitrogen and oxygen atoms in total. The number of nitrogens with one attached hydrogen (secondary N) is 1. The van der Waals surface area contributed by atoms with E-state index in [0.717, 1.165) is 36.9 Å². The quantitative estimate of drug-likeness (QED) is 0.643. The maximum Gasteiger partial charge on any atom is 0.251 e. The van der Waals surface area contributed by atoms with Gasteiger partial charge < -0.3 is 10.2 Å². The normalized spacial score (nSPS) is 15.4. The molecule has 0 unspecified atom stereocenters. The molecule has 0 aromatic heterocycles. The Hall–Kier alpha value is -3.17. The van der Waals surface area contributed by atoms with E-state index in [1.807, 2.05) is 54.6 Å². The van der Waals surface area contributed by atoms with Crippen molar-refractivity contribution in [2.45, 2.75) is 50.7 Å². The molecule has 0 atom stereocenters. The van der Waals surface area contributed by atoms with Gasteiger partial charge in [0.2, 0.25) is 5.91 Å². The van der Waals surface area contributed by atoms with Gasteiger partial charge in [0, 0.05) is 36.4 Å². The average Bonchev–Trinajstić information content (AvgIpc) is 3.69. The first-order chi connectivity index (χ1) is 15.1. The third-order valence-electron chi connectivity index (χ3n) is 5.73. The number of amides is 2. The van der Waals surface area contributed by atoms with Crippen molar-refractivity contribution in [3.05, 3.63) is 65.7 Å². The molecule has 2 aliphatic carbocycles. The average molecular weight is 417 g/mol. The number of hydrogen-bond donors (Lipinski definition) is 1. The Morgan fingerprint density at radius 1 is 1.00 bits per heavy atom. The number of hydrogen-bond acceptors (Lipinski definition) is 4. The van der Waals surface area contributed by atoms with E-state index in [1.54, 1.807) is 4.90 Å². The Morgan fingerprint density at radius 2 is 1.71 bits per heavy atom. The second-order valence-electron chi connectivity index (χ2n) is 8.37. The van der Waals surface area contributed by atoms with Crippen molar-refractivity contribution in [1.82, 2.24) is 10.2 Å². The van der Waals surface area contributed by atoms with Crippen LogP contribution in [-0.2, 0) is 11.3 Å². The molecule has 2 saturated carbocycles. The largest absolute Gasteiger partial charge is 0.349 e. The highest BCUT2D eigenvalue weighted by Crippen LogP contribution is 2.29. The molecule has 2 amide bonds. The maximum atomic E-state index is 13.2. The summed E-state index contributed by atoms with van der Waals surface area (Å²) in [5.74, 6) is -0.00643. The molecule has 31 heavy (non-hydrogen) atoms. The summed E-state index contributed by atoms with van der Waals surface area (Å²) in [4.78, 5) is 29.3. The van der Waals surface area contributed by atoms with Crippen molar-refractivity contribution < 1.29 is 9.59 Å². The van der Waals surface area contributed by atoms with Gasteiger partial charge in [0.1, 0.15) is 0 Å². The molecule has 6 heteroatoms. The Balaban J connectivity index is 1.40. The number of nitrogens with zero attached hydrogens (tertiary/aromatic N) is 3. The van der Waals surface area contributed by atoms with Gasteiger partial charge in [0.05, 0.1) is 19.0 Å². The molecule has 0 radical (unpaired) electrons. The minimum atomic E-state index is -0.0146. The molecule has 2 aromatic carbocycles. The number of carbonyl (C=O) groups is 2. The monoisotopic (exact) mass is 416 g/mol. The molecule has 0 saturated heterocycles. The molecule has 0 bridgehead atoms. The van der Waals surface area contributed by atoms with Gasteiger partial charge in [0.25, 0.3) is 5.91 Å². The topological polar surface area (TPSA) is 76.4 Å². The fourth-order valence-corrected chi connectivity index (χ4v) is 3.67. The maximum absolute atomic E-state index is 13.2. The number of para-hydroxylation sites is 1. The molecular formula is C25H28N4O2. The highest BCUT2D eigenvalue weighted by molar-refractivity contribution is 5.95. The summed E-state index contributed by atoms with van der Waals surface area (Å²) in [6, 6.07) is 20.1. The molecular weight excluding hydrogens is 388 g/mol. The van der Waals surface area contributed by atoms with E-state index < -0.39 is 0 Å². The molecule has 2 aliphatic rings. The van der Waals surface area contributed by atoms with E-state index in [1.165, 1.54) is 0 Å². The van der Waals surface area contributed by atoms with Gasteiger partial charge >= 0.3 is 0 Å². The van der Waals surface area contributed by atoms with Crippen LogP contribution >= 0.6 is 0 Å². The number of anilines is 1. The fraction of sp³-hybridized carbons (Fsp3) is 0.400. The van der Waals surface area contributed by atoms with Crippen LogP contribution in [0.25, 0.3) is 0 Å². The molecule has 4 rings (SSSR count). The molecule has 160 valence electrons. The number of benzene rings is 2. The van der Waals surface area contributed by atoms with Crippen LogP contribution in [0.5, 0.6) is 0 Å². The van der Waals surface area contributed by atoms with Crippen LogP contribution in [0.3, 0.4) is 0 Å². The van der Waals surface area contributed by atoms with Crippen LogP contribution in [0.4, 0.5) is 5.69 Å². The lowest BCUT2D eigenvalue weighted by Gasteiger charge is -2.27. The summed E-state index contributed by atoms with van der Waals surface area (Å²) in [5.41, 5.74) is 2.59. The van der Waals surface area contributed by atoms with Crippen molar-refractivity contribution in [3.63, 3.8) is 0 Å². The Kier molecular flexibility index (Phi) is 6.63. The van der Waals surface area contributed by atoms with E-state index in [0.29, 0.717) is 43.7 Å². The van der Waals surface area contributed by atoms with E-state index in [2.05, 4.69) is 16.3 Å². The summed E-state index contributed by atoms with van der Waals surface area (Å²) in [6.07, 6.45) is 4.64.